The molecule has 32 heavy (non-hydrogen) atoms. The van der Waals surface area contributed by atoms with Gasteiger partial charge >= 0.3 is 0 Å². The summed E-state index contributed by atoms with van der Waals surface area (Å²) in [6.07, 6.45) is -0.0218. The van der Waals surface area contributed by atoms with Crippen LogP contribution in [-0.4, -0.2) is 33.8 Å². The summed E-state index contributed by atoms with van der Waals surface area (Å²) in [6, 6.07) is 12.8. The molecule has 2 amide bonds. The monoisotopic (exact) mass is 455 g/mol. The van der Waals surface area contributed by atoms with Crippen LogP contribution in [0.1, 0.15) is 18.9 Å². The molecule has 0 spiro atoms. The van der Waals surface area contributed by atoms with Crippen LogP contribution in [0, 0.1) is 10.1 Å². The average molecular weight is 455 g/mol. The molecule has 2 aromatic rings. The van der Waals surface area contributed by atoms with E-state index in [0.29, 0.717) is 34.5 Å². The number of amides is 2. The van der Waals surface area contributed by atoms with Crippen molar-refractivity contribution in [1.82, 2.24) is 10.7 Å². The van der Waals surface area contributed by atoms with Gasteiger partial charge in [0.25, 0.3) is 5.69 Å². The third kappa shape index (κ3) is 6.08. The number of ether oxygens (including phenoxy) is 1. The van der Waals surface area contributed by atoms with Crippen molar-refractivity contribution < 1.29 is 19.2 Å². The van der Waals surface area contributed by atoms with Crippen molar-refractivity contribution >= 4 is 45.8 Å². The van der Waals surface area contributed by atoms with Crippen molar-refractivity contribution in [2.24, 2.45) is 5.10 Å². The first kappa shape index (κ1) is 22.8. The third-order valence-electron chi connectivity index (χ3n) is 4.32. The first-order valence-corrected chi connectivity index (χ1v) is 10.5. The second-order valence-corrected chi connectivity index (χ2v) is 7.81. The number of thioether (sulfide) groups is 1. The topological polar surface area (TPSA) is 135 Å². The highest BCUT2D eigenvalue weighted by atomic mass is 32.2. The van der Waals surface area contributed by atoms with E-state index in [0.717, 1.165) is 11.8 Å². The minimum Gasteiger partial charge on any atom is -0.494 e. The largest absolute Gasteiger partial charge is 0.494 e. The molecule has 0 saturated carbocycles. The SMILES string of the molecule is C=C(N/N=C1\NC(=O)[C@@H](CC(=O)Nc2ccc(OCC)cc2)S1)c1ccc([N+](=O)[O-])cc1. The third-order valence-corrected chi connectivity index (χ3v) is 5.40. The molecule has 166 valence electrons. The van der Waals surface area contributed by atoms with Crippen molar-refractivity contribution in [3.63, 3.8) is 0 Å². The number of carbonyl (C=O) groups is 2. The van der Waals surface area contributed by atoms with Gasteiger partial charge in [-0.2, -0.15) is 0 Å². The lowest BCUT2D eigenvalue weighted by atomic mass is 10.1. The van der Waals surface area contributed by atoms with Crippen molar-refractivity contribution in [3.05, 3.63) is 70.8 Å². The molecule has 3 rings (SSSR count). The van der Waals surface area contributed by atoms with Crippen molar-refractivity contribution in [2.75, 3.05) is 11.9 Å². The Labute approximate surface area is 188 Å². The van der Waals surface area contributed by atoms with Gasteiger partial charge in [0.05, 0.1) is 17.2 Å². The van der Waals surface area contributed by atoms with Crippen LogP contribution in [0.15, 0.2) is 60.2 Å². The van der Waals surface area contributed by atoms with E-state index < -0.39 is 10.2 Å². The molecule has 0 radical (unpaired) electrons. The summed E-state index contributed by atoms with van der Waals surface area (Å²) in [5.41, 5.74) is 4.31. The Hall–Kier alpha value is -3.86. The quantitative estimate of drug-likeness (QED) is 0.391. The highest BCUT2D eigenvalue weighted by molar-refractivity contribution is 8.15. The molecule has 2 aromatic carbocycles. The fourth-order valence-corrected chi connectivity index (χ4v) is 3.67. The number of hydrogen-bond acceptors (Lipinski definition) is 8. The zero-order valence-electron chi connectivity index (χ0n) is 17.2. The molecule has 0 unspecified atom stereocenters. The Balaban J connectivity index is 1.51. The minimum atomic E-state index is -0.620. The number of rotatable bonds is 9. The number of anilines is 1. The van der Waals surface area contributed by atoms with E-state index in [1.165, 1.54) is 12.1 Å². The Morgan fingerprint density at radius 3 is 2.56 bits per heavy atom. The Kier molecular flexibility index (Phi) is 7.45. The van der Waals surface area contributed by atoms with E-state index in [2.05, 4.69) is 27.7 Å². The zero-order valence-corrected chi connectivity index (χ0v) is 18.0. The maximum atomic E-state index is 12.3. The molecule has 0 aliphatic carbocycles. The van der Waals surface area contributed by atoms with Crippen LogP contribution in [0.25, 0.3) is 5.70 Å². The van der Waals surface area contributed by atoms with E-state index in [-0.39, 0.29) is 23.9 Å². The molecule has 1 aliphatic rings. The van der Waals surface area contributed by atoms with Gasteiger partial charge in [-0.25, -0.2) is 0 Å². The van der Waals surface area contributed by atoms with Gasteiger partial charge in [0.1, 0.15) is 11.0 Å². The fraction of sp³-hybridized carbons (Fsp3) is 0.190. The van der Waals surface area contributed by atoms with Gasteiger partial charge in [0, 0.05) is 24.2 Å². The molecule has 1 atom stereocenters. The van der Waals surface area contributed by atoms with Gasteiger partial charge in [-0.1, -0.05) is 18.3 Å². The normalized spacial score (nSPS) is 16.3. The summed E-state index contributed by atoms with van der Waals surface area (Å²) in [5, 5.41) is 19.9. The lowest BCUT2D eigenvalue weighted by Gasteiger charge is -2.08. The number of hydrogen-bond donors (Lipinski definition) is 3. The lowest BCUT2D eigenvalue weighted by Crippen LogP contribution is -2.28. The van der Waals surface area contributed by atoms with Crippen LogP contribution in [0.2, 0.25) is 0 Å². The molecule has 0 bridgehead atoms. The summed E-state index contributed by atoms with van der Waals surface area (Å²) in [6.45, 7) is 6.27. The van der Waals surface area contributed by atoms with Crippen molar-refractivity contribution in [3.8, 4) is 5.75 Å². The highest BCUT2D eigenvalue weighted by Gasteiger charge is 2.32. The number of nitrogens with one attached hydrogen (secondary N) is 3. The smallest absolute Gasteiger partial charge is 0.269 e. The van der Waals surface area contributed by atoms with E-state index in [4.69, 9.17) is 4.74 Å². The number of amidine groups is 1. The highest BCUT2D eigenvalue weighted by Crippen LogP contribution is 2.24. The van der Waals surface area contributed by atoms with E-state index >= 15 is 0 Å². The molecule has 3 N–H and O–H groups in total. The van der Waals surface area contributed by atoms with E-state index in [1.807, 2.05) is 6.92 Å². The van der Waals surface area contributed by atoms with Crippen LogP contribution in [0.4, 0.5) is 11.4 Å². The predicted octanol–water partition coefficient (Wildman–Crippen LogP) is 3.09. The molecular weight excluding hydrogens is 434 g/mol. The summed E-state index contributed by atoms with van der Waals surface area (Å²) >= 11 is 1.13. The van der Waals surface area contributed by atoms with Crippen LogP contribution in [0.5, 0.6) is 5.75 Å². The van der Waals surface area contributed by atoms with Crippen LogP contribution in [0.3, 0.4) is 0 Å². The number of nitrogens with zero attached hydrogens (tertiary/aromatic N) is 2. The van der Waals surface area contributed by atoms with Gasteiger partial charge in [-0.3, -0.25) is 25.1 Å². The molecule has 1 saturated heterocycles. The molecule has 1 fully saturated rings. The number of nitro benzene ring substituents is 1. The zero-order chi connectivity index (χ0) is 23.1. The van der Waals surface area contributed by atoms with Gasteiger partial charge in [0.15, 0.2) is 5.17 Å². The van der Waals surface area contributed by atoms with Crippen LogP contribution >= 0.6 is 11.8 Å². The Bertz CT molecular complexity index is 1050. The number of nitro groups is 1. The number of carbonyl (C=O) groups excluding carboxylic acids is 2. The van der Waals surface area contributed by atoms with Gasteiger partial charge in [-0.15, -0.1) is 5.10 Å². The first-order chi connectivity index (χ1) is 15.4. The minimum absolute atomic E-state index is 0.0218. The van der Waals surface area contributed by atoms with Gasteiger partial charge < -0.3 is 15.4 Å². The first-order valence-electron chi connectivity index (χ1n) is 9.63. The van der Waals surface area contributed by atoms with Gasteiger partial charge in [0.2, 0.25) is 11.8 Å². The lowest BCUT2D eigenvalue weighted by molar-refractivity contribution is -0.384. The van der Waals surface area contributed by atoms with Crippen LogP contribution in [-0.2, 0) is 9.59 Å². The van der Waals surface area contributed by atoms with Gasteiger partial charge in [-0.05, 0) is 48.9 Å². The van der Waals surface area contributed by atoms with Crippen LogP contribution < -0.4 is 20.8 Å². The Morgan fingerprint density at radius 2 is 1.94 bits per heavy atom. The molecule has 0 aromatic heterocycles. The summed E-state index contributed by atoms with van der Waals surface area (Å²) < 4.78 is 5.36. The molecule has 1 aliphatic heterocycles. The predicted molar refractivity (Wildman–Crippen MR) is 123 cm³/mol. The average Bonchev–Trinajstić information content (AvgIpc) is 3.12. The van der Waals surface area contributed by atoms with Crippen molar-refractivity contribution in [2.45, 2.75) is 18.6 Å². The molecular formula is C21H21N5O5S. The Morgan fingerprint density at radius 1 is 1.25 bits per heavy atom. The van der Waals surface area contributed by atoms with E-state index in [1.54, 1.807) is 36.4 Å². The van der Waals surface area contributed by atoms with Crippen molar-refractivity contribution in [1.29, 1.82) is 0 Å². The summed E-state index contributed by atoms with van der Waals surface area (Å²) in [5.74, 6) is 0.0875. The maximum absolute atomic E-state index is 12.3. The second-order valence-electron chi connectivity index (χ2n) is 6.62. The molecule has 10 nitrogen and oxygen atoms in total. The molecule has 11 heteroatoms. The standard InChI is InChI=1S/C21H21N5O5S/c1-3-31-17-10-6-15(7-11-17)22-19(27)12-18-20(28)23-21(32-18)25-24-13(2)14-4-8-16(9-5-14)26(29)30/h4-11,18,24H,2-3,12H2,1H3,(H,22,27)(H,23,25,28)/t18-/m1/s1. The number of hydrazone groups is 1. The maximum Gasteiger partial charge on any atom is 0.269 e. The number of non-ortho nitro benzene ring substituents is 1. The summed E-state index contributed by atoms with van der Waals surface area (Å²) in [7, 11) is 0. The molecule has 1 heterocycles. The fourth-order valence-electron chi connectivity index (χ4n) is 2.74. The van der Waals surface area contributed by atoms with E-state index in [9.17, 15) is 19.7 Å². The second kappa shape index (κ2) is 10.4. The number of benzene rings is 2. The summed E-state index contributed by atoms with van der Waals surface area (Å²) in [4.78, 5) is 34.7.